The Morgan fingerprint density at radius 3 is 2.59 bits per heavy atom. The SMILES string of the molecule is O=C1CCCC2OC12S(=O)(=O)c1ccccc1. The summed E-state index contributed by atoms with van der Waals surface area (Å²) in [5, 5.41) is 0. The molecule has 17 heavy (non-hydrogen) atoms. The van der Waals surface area contributed by atoms with Gasteiger partial charge in [0.15, 0.2) is 5.78 Å². The van der Waals surface area contributed by atoms with Crippen LogP contribution in [0.5, 0.6) is 0 Å². The Bertz CT molecular complexity index is 563. The number of ketones is 1. The highest BCUT2D eigenvalue weighted by Crippen LogP contribution is 2.51. The Balaban J connectivity index is 2.08. The zero-order valence-electron chi connectivity index (χ0n) is 9.13. The van der Waals surface area contributed by atoms with Crippen molar-refractivity contribution in [3.8, 4) is 0 Å². The first kappa shape index (κ1) is 10.9. The van der Waals surface area contributed by atoms with Crippen molar-refractivity contribution in [3.05, 3.63) is 30.3 Å². The second-order valence-electron chi connectivity index (χ2n) is 4.41. The third-order valence-corrected chi connectivity index (χ3v) is 5.67. The number of hydrogen-bond donors (Lipinski definition) is 0. The number of benzene rings is 1. The van der Waals surface area contributed by atoms with Gasteiger partial charge in [0.1, 0.15) is 6.10 Å². The number of carbonyl (C=O) groups is 1. The number of rotatable bonds is 2. The van der Waals surface area contributed by atoms with Gasteiger partial charge < -0.3 is 4.74 Å². The number of sulfone groups is 1. The lowest BCUT2D eigenvalue weighted by Crippen LogP contribution is -2.39. The summed E-state index contributed by atoms with van der Waals surface area (Å²) >= 11 is 0. The number of epoxide rings is 1. The molecule has 2 atom stereocenters. The second-order valence-corrected chi connectivity index (χ2v) is 6.49. The van der Waals surface area contributed by atoms with E-state index in [1.807, 2.05) is 0 Å². The lowest BCUT2D eigenvalue weighted by Gasteiger charge is -2.16. The molecule has 3 rings (SSSR count). The Morgan fingerprint density at radius 2 is 1.94 bits per heavy atom. The molecule has 2 aliphatic rings. The molecule has 0 amide bonds. The van der Waals surface area contributed by atoms with Gasteiger partial charge in [-0.25, -0.2) is 8.42 Å². The summed E-state index contributed by atoms with van der Waals surface area (Å²) in [6, 6.07) is 8.04. The van der Waals surface area contributed by atoms with Gasteiger partial charge in [0.25, 0.3) is 4.93 Å². The number of carbonyl (C=O) groups excluding carboxylic acids is 1. The van der Waals surface area contributed by atoms with Crippen molar-refractivity contribution in [1.29, 1.82) is 0 Å². The highest BCUT2D eigenvalue weighted by atomic mass is 32.2. The van der Waals surface area contributed by atoms with Gasteiger partial charge in [-0.2, -0.15) is 0 Å². The molecular weight excluding hydrogens is 240 g/mol. The van der Waals surface area contributed by atoms with Crippen LogP contribution in [0.2, 0.25) is 0 Å². The van der Waals surface area contributed by atoms with Crippen molar-refractivity contribution in [2.75, 3.05) is 0 Å². The summed E-state index contributed by atoms with van der Waals surface area (Å²) in [7, 11) is -3.71. The first-order valence-corrected chi connectivity index (χ1v) is 7.08. The van der Waals surface area contributed by atoms with Crippen molar-refractivity contribution in [2.45, 2.75) is 35.2 Å². The van der Waals surface area contributed by atoms with Crippen molar-refractivity contribution in [2.24, 2.45) is 0 Å². The monoisotopic (exact) mass is 252 g/mol. The summed E-state index contributed by atoms with van der Waals surface area (Å²) in [4.78, 5) is 10.5. The normalized spacial score (nSPS) is 32.0. The van der Waals surface area contributed by atoms with Crippen LogP contribution in [0.15, 0.2) is 35.2 Å². The maximum Gasteiger partial charge on any atom is 0.258 e. The van der Waals surface area contributed by atoms with E-state index in [4.69, 9.17) is 4.74 Å². The lowest BCUT2D eigenvalue weighted by atomic mass is 9.99. The van der Waals surface area contributed by atoms with E-state index in [1.54, 1.807) is 18.2 Å². The Morgan fingerprint density at radius 1 is 1.24 bits per heavy atom. The smallest absolute Gasteiger partial charge is 0.258 e. The van der Waals surface area contributed by atoms with E-state index in [1.165, 1.54) is 12.1 Å². The summed E-state index contributed by atoms with van der Waals surface area (Å²) < 4.78 is 30.1. The molecule has 0 bridgehead atoms. The minimum Gasteiger partial charge on any atom is -0.342 e. The van der Waals surface area contributed by atoms with Gasteiger partial charge in [0.05, 0.1) is 4.90 Å². The van der Waals surface area contributed by atoms with Crippen LogP contribution in [0.4, 0.5) is 0 Å². The highest BCUT2D eigenvalue weighted by molar-refractivity contribution is 7.93. The van der Waals surface area contributed by atoms with E-state index < -0.39 is 20.9 Å². The molecule has 0 spiro atoms. The number of Topliss-reactive ketones (excluding diaryl/α,β-unsaturated/α-hetero) is 1. The summed E-state index contributed by atoms with van der Waals surface area (Å²) in [6.45, 7) is 0. The molecule has 1 aliphatic heterocycles. The molecule has 1 saturated carbocycles. The van der Waals surface area contributed by atoms with E-state index in [-0.39, 0.29) is 10.7 Å². The molecule has 90 valence electrons. The molecule has 1 aromatic carbocycles. The van der Waals surface area contributed by atoms with Crippen LogP contribution >= 0.6 is 0 Å². The Kier molecular flexibility index (Phi) is 2.18. The fourth-order valence-electron chi connectivity index (χ4n) is 2.45. The molecule has 1 aliphatic carbocycles. The molecule has 2 unspecified atom stereocenters. The third-order valence-electron chi connectivity index (χ3n) is 3.40. The van der Waals surface area contributed by atoms with E-state index in [2.05, 4.69) is 0 Å². The van der Waals surface area contributed by atoms with Gasteiger partial charge in [-0.15, -0.1) is 0 Å². The van der Waals surface area contributed by atoms with Crippen molar-refractivity contribution in [1.82, 2.24) is 0 Å². The van der Waals surface area contributed by atoms with Crippen LogP contribution in [0.1, 0.15) is 19.3 Å². The fraction of sp³-hybridized carbons (Fsp3) is 0.417. The average molecular weight is 252 g/mol. The topological polar surface area (TPSA) is 63.7 Å². The maximum atomic E-state index is 12.4. The van der Waals surface area contributed by atoms with Crippen molar-refractivity contribution >= 4 is 15.6 Å². The number of hydrogen-bond acceptors (Lipinski definition) is 4. The Hall–Kier alpha value is -1.20. The molecule has 5 heteroatoms. The van der Waals surface area contributed by atoms with E-state index in [0.717, 1.165) is 6.42 Å². The highest BCUT2D eigenvalue weighted by Gasteiger charge is 2.72. The van der Waals surface area contributed by atoms with Crippen molar-refractivity contribution < 1.29 is 17.9 Å². The molecule has 1 heterocycles. The average Bonchev–Trinajstić information content (AvgIpc) is 3.08. The molecule has 0 radical (unpaired) electrons. The largest absolute Gasteiger partial charge is 0.342 e. The fourth-order valence-corrected chi connectivity index (χ4v) is 4.43. The third kappa shape index (κ3) is 1.32. The minimum atomic E-state index is -3.71. The number of ether oxygens (including phenoxy) is 1. The van der Waals surface area contributed by atoms with Gasteiger partial charge in [0, 0.05) is 6.42 Å². The zero-order chi connectivity index (χ0) is 12.1. The van der Waals surface area contributed by atoms with E-state index in [0.29, 0.717) is 12.8 Å². The predicted molar refractivity (Wildman–Crippen MR) is 60.1 cm³/mol. The van der Waals surface area contributed by atoms with Gasteiger partial charge in [0.2, 0.25) is 9.84 Å². The van der Waals surface area contributed by atoms with Crippen LogP contribution in [0, 0.1) is 0 Å². The van der Waals surface area contributed by atoms with Gasteiger partial charge >= 0.3 is 0 Å². The molecule has 0 N–H and O–H groups in total. The Labute approximate surface area is 99.5 Å². The van der Waals surface area contributed by atoms with E-state index in [9.17, 15) is 13.2 Å². The molecule has 1 saturated heterocycles. The number of fused-ring (bicyclic) bond motifs is 1. The van der Waals surface area contributed by atoms with Crippen LogP contribution in [0.25, 0.3) is 0 Å². The maximum absolute atomic E-state index is 12.4. The van der Waals surface area contributed by atoms with Crippen LogP contribution < -0.4 is 0 Å². The molecule has 1 aromatic rings. The zero-order valence-corrected chi connectivity index (χ0v) is 9.94. The standard InChI is InChI=1S/C12H12O4S/c13-10-7-4-8-11-12(10,16-11)17(14,15)9-5-2-1-3-6-9/h1-3,5-6,11H,4,7-8H2. The minimum absolute atomic E-state index is 0.165. The molecule has 2 fully saturated rings. The first-order chi connectivity index (χ1) is 8.09. The van der Waals surface area contributed by atoms with Crippen LogP contribution in [0.3, 0.4) is 0 Å². The first-order valence-electron chi connectivity index (χ1n) is 5.60. The molecule has 4 nitrogen and oxygen atoms in total. The van der Waals surface area contributed by atoms with Gasteiger partial charge in [-0.3, -0.25) is 4.79 Å². The summed E-state index contributed by atoms with van der Waals surface area (Å²) in [5.74, 6) is -0.294. The van der Waals surface area contributed by atoms with Crippen LogP contribution in [-0.4, -0.2) is 25.2 Å². The van der Waals surface area contributed by atoms with Crippen molar-refractivity contribution in [3.63, 3.8) is 0 Å². The summed E-state index contributed by atoms with van der Waals surface area (Å²) in [5.41, 5.74) is 0. The van der Waals surface area contributed by atoms with Gasteiger partial charge in [-0.05, 0) is 25.0 Å². The van der Waals surface area contributed by atoms with E-state index >= 15 is 0 Å². The van der Waals surface area contributed by atoms with Crippen LogP contribution in [-0.2, 0) is 19.4 Å². The predicted octanol–water partition coefficient (Wildman–Crippen LogP) is 1.31. The van der Waals surface area contributed by atoms with Gasteiger partial charge in [-0.1, -0.05) is 18.2 Å². The quantitative estimate of drug-likeness (QED) is 0.744. The molecule has 0 aromatic heterocycles. The molecular formula is C12H12O4S. The summed E-state index contributed by atoms with van der Waals surface area (Å²) in [6.07, 6.45) is 1.23. The lowest BCUT2D eigenvalue weighted by molar-refractivity contribution is -0.121. The second kappa shape index (κ2) is 3.40.